The number of nitrogens with zero attached hydrogens (tertiary/aromatic N) is 4. The van der Waals surface area contributed by atoms with Crippen LogP contribution in [0.2, 0.25) is 0 Å². The molecule has 7 aliphatic rings. The summed E-state index contributed by atoms with van der Waals surface area (Å²) >= 11 is 0. The zero-order chi connectivity index (χ0) is 35.9. The van der Waals surface area contributed by atoms with Gasteiger partial charge in [-0.15, -0.1) is 0 Å². The first kappa shape index (κ1) is 31.5. The number of aromatic nitrogens is 4. The van der Waals surface area contributed by atoms with Crippen LogP contribution in [-0.2, 0) is 10.8 Å². The summed E-state index contributed by atoms with van der Waals surface area (Å²) in [7, 11) is 0. The summed E-state index contributed by atoms with van der Waals surface area (Å²) in [5.41, 5.74) is 11.5. The van der Waals surface area contributed by atoms with Gasteiger partial charge in [0.05, 0.1) is 33.5 Å². The first-order chi connectivity index (χ1) is 27.0. The van der Waals surface area contributed by atoms with Gasteiger partial charge in [0, 0.05) is 54.9 Å². The van der Waals surface area contributed by atoms with E-state index in [0.717, 1.165) is 90.9 Å². The van der Waals surface area contributed by atoms with Gasteiger partial charge in [-0.3, -0.25) is 0 Å². The number of pyridine rings is 4. The second-order valence-electron chi connectivity index (χ2n) is 19.4. The van der Waals surface area contributed by atoms with E-state index >= 15 is 0 Å². The van der Waals surface area contributed by atoms with Crippen LogP contribution in [0.3, 0.4) is 0 Å². The van der Waals surface area contributed by atoms with Gasteiger partial charge in [0.2, 0.25) is 0 Å². The summed E-state index contributed by atoms with van der Waals surface area (Å²) < 4.78 is 0. The standard InChI is InChI=1S/C51H48N4/c1-2-39(42-14-10-35-6-8-37-12-16-44(54-48(37)46(35)52-42)50-19-18-34-5-4-30(25-50)23-41(34)29-50)24-40(3-1)43-15-11-36-7-9-38-13-17-45(55-49(38)47(36)53-43)51-26-31-20-32(27-51)22-33(21-31)28-51/h1-3,6-17,24,30-34,41H,4-5,18-23,25-29H2. The lowest BCUT2D eigenvalue weighted by Gasteiger charge is -2.56. The van der Waals surface area contributed by atoms with Gasteiger partial charge in [-0.25, -0.2) is 19.9 Å². The molecule has 55 heavy (non-hydrogen) atoms. The summed E-state index contributed by atoms with van der Waals surface area (Å²) in [4.78, 5) is 21.9. The molecular weight excluding hydrogens is 669 g/mol. The number of hydrogen-bond donors (Lipinski definition) is 0. The molecule has 0 spiro atoms. The first-order valence-corrected chi connectivity index (χ1v) is 21.6. The highest BCUT2D eigenvalue weighted by molar-refractivity contribution is 6.04. The Balaban J connectivity index is 0.880. The Labute approximate surface area is 323 Å². The number of rotatable bonds is 4. The Morgan fingerprint density at radius 3 is 1.47 bits per heavy atom. The van der Waals surface area contributed by atoms with Crippen LogP contribution in [0, 0.1) is 35.5 Å². The van der Waals surface area contributed by atoms with Crippen molar-refractivity contribution in [3.63, 3.8) is 0 Å². The van der Waals surface area contributed by atoms with Crippen molar-refractivity contribution in [2.75, 3.05) is 0 Å². The minimum atomic E-state index is 0.247. The molecule has 14 rings (SSSR count). The molecule has 0 radical (unpaired) electrons. The fourth-order valence-corrected chi connectivity index (χ4v) is 14.1. The quantitative estimate of drug-likeness (QED) is 0.170. The number of fused-ring (bicyclic) bond motifs is 8. The Morgan fingerprint density at radius 2 is 0.891 bits per heavy atom. The molecular formula is C51H48N4. The maximum Gasteiger partial charge on any atom is 0.0972 e. The third kappa shape index (κ3) is 4.82. The minimum absolute atomic E-state index is 0.247. The van der Waals surface area contributed by atoms with Crippen molar-refractivity contribution in [3.05, 3.63) is 108 Å². The van der Waals surface area contributed by atoms with E-state index in [2.05, 4.69) is 97.1 Å². The largest absolute Gasteiger partial charge is 0.250 e. The van der Waals surface area contributed by atoms with Gasteiger partial charge >= 0.3 is 0 Å². The van der Waals surface area contributed by atoms with Crippen molar-refractivity contribution in [2.24, 2.45) is 35.5 Å². The minimum Gasteiger partial charge on any atom is -0.250 e. The lowest BCUT2D eigenvalue weighted by atomic mass is 9.49. The smallest absolute Gasteiger partial charge is 0.0972 e. The summed E-state index contributed by atoms with van der Waals surface area (Å²) in [6.07, 6.45) is 18.0. The van der Waals surface area contributed by atoms with Gasteiger partial charge in [-0.1, -0.05) is 73.2 Å². The molecule has 0 N–H and O–H groups in total. The lowest BCUT2D eigenvalue weighted by molar-refractivity contribution is -0.00705. The predicted molar refractivity (Wildman–Crippen MR) is 223 cm³/mol. The molecule has 4 aromatic heterocycles. The van der Waals surface area contributed by atoms with Gasteiger partial charge in [0.15, 0.2) is 0 Å². The van der Waals surface area contributed by atoms with Gasteiger partial charge in [0.1, 0.15) is 0 Å². The molecule has 7 bridgehead atoms. The fraction of sp³-hybridized carbons (Fsp3) is 0.412. The van der Waals surface area contributed by atoms with E-state index in [1.165, 1.54) is 106 Å². The van der Waals surface area contributed by atoms with Crippen molar-refractivity contribution in [1.82, 2.24) is 19.9 Å². The van der Waals surface area contributed by atoms with E-state index in [1.54, 1.807) is 0 Å². The van der Waals surface area contributed by atoms with Crippen LogP contribution < -0.4 is 0 Å². The maximum absolute atomic E-state index is 5.56. The summed E-state index contributed by atoms with van der Waals surface area (Å²) in [5, 5.41) is 4.68. The van der Waals surface area contributed by atoms with Crippen molar-refractivity contribution < 1.29 is 0 Å². The lowest BCUT2D eigenvalue weighted by Crippen LogP contribution is -2.48. The molecule has 0 aliphatic heterocycles. The Hall–Kier alpha value is -4.70. The van der Waals surface area contributed by atoms with Crippen LogP contribution in [0.25, 0.3) is 66.1 Å². The Kier molecular flexibility index (Phi) is 6.55. The molecule has 4 nitrogen and oxygen atoms in total. The average molecular weight is 717 g/mol. The monoisotopic (exact) mass is 716 g/mol. The van der Waals surface area contributed by atoms with E-state index in [1.807, 2.05) is 0 Å². The summed E-state index contributed by atoms with van der Waals surface area (Å²) in [6, 6.07) is 35.9. The van der Waals surface area contributed by atoms with E-state index in [9.17, 15) is 0 Å². The van der Waals surface area contributed by atoms with E-state index in [4.69, 9.17) is 19.9 Å². The molecule has 7 fully saturated rings. The predicted octanol–water partition coefficient (Wildman–Crippen LogP) is 12.5. The number of hydrogen-bond acceptors (Lipinski definition) is 4. The third-order valence-corrected chi connectivity index (χ3v) is 16.2. The Bertz CT molecular complexity index is 2690. The van der Waals surface area contributed by atoms with Gasteiger partial charge in [-0.2, -0.15) is 0 Å². The molecule has 0 saturated heterocycles. The van der Waals surface area contributed by atoms with E-state index in [0.29, 0.717) is 0 Å². The molecule has 4 heteroatoms. The molecule has 7 saturated carbocycles. The van der Waals surface area contributed by atoms with E-state index in [-0.39, 0.29) is 10.8 Å². The topological polar surface area (TPSA) is 51.6 Å². The molecule has 0 amide bonds. The van der Waals surface area contributed by atoms with Crippen molar-refractivity contribution in [3.8, 4) is 22.5 Å². The fourth-order valence-electron chi connectivity index (χ4n) is 14.1. The summed E-state index contributed by atoms with van der Waals surface area (Å²) in [6.45, 7) is 0. The van der Waals surface area contributed by atoms with Gasteiger partial charge < -0.3 is 0 Å². The Morgan fingerprint density at radius 1 is 0.400 bits per heavy atom. The zero-order valence-electron chi connectivity index (χ0n) is 31.7. The van der Waals surface area contributed by atoms with Crippen LogP contribution in [-0.4, -0.2) is 19.9 Å². The van der Waals surface area contributed by atoms with Crippen LogP contribution in [0.5, 0.6) is 0 Å². The normalized spacial score (nSPS) is 31.9. The van der Waals surface area contributed by atoms with Crippen LogP contribution >= 0.6 is 0 Å². The maximum atomic E-state index is 5.56. The first-order valence-electron chi connectivity index (χ1n) is 21.6. The second kappa shape index (κ2) is 11.4. The highest BCUT2D eigenvalue weighted by Crippen LogP contribution is 2.61. The van der Waals surface area contributed by atoms with Gasteiger partial charge in [0.25, 0.3) is 0 Å². The molecule has 3 aromatic carbocycles. The average Bonchev–Trinajstić information content (AvgIpc) is 3.21. The molecule has 4 heterocycles. The molecule has 272 valence electrons. The van der Waals surface area contributed by atoms with Crippen molar-refractivity contribution in [1.29, 1.82) is 0 Å². The van der Waals surface area contributed by atoms with E-state index < -0.39 is 0 Å². The summed E-state index contributed by atoms with van der Waals surface area (Å²) in [5.74, 6) is 5.43. The molecule has 7 aliphatic carbocycles. The SMILES string of the molecule is c1cc(-c2ccc3ccc4ccc(C56CC7CC(CC(C7)C5)C6)nc4c3n2)cc(-c2ccc3ccc4ccc(C56CCC7CCC(CC7C5)C6)nc4c3n2)c1. The molecule has 7 aromatic rings. The zero-order valence-corrected chi connectivity index (χ0v) is 31.7. The molecule has 4 unspecified atom stereocenters. The van der Waals surface area contributed by atoms with Gasteiger partial charge in [-0.05, 0) is 143 Å². The highest BCUT2D eigenvalue weighted by Gasteiger charge is 2.53. The number of benzene rings is 3. The van der Waals surface area contributed by atoms with Crippen LogP contribution in [0.4, 0.5) is 0 Å². The third-order valence-electron chi connectivity index (χ3n) is 16.2. The molecule has 4 atom stereocenters. The highest BCUT2D eigenvalue weighted by atomic mass is 14.8. The van der Waals surface area contributed by atoms with Crippen LogP contribution in [0.1, 0.15) is 94.9 Å². The van der Waals surface area contributed by atoms with Crippen LogP contribution in [0.15, 0.2) is 97.1 Å². The second-order valence-corrected chi connectivity index (χ2v) is 19.4. The van der Waals surface area contributed by atoms with Crippen molar-refractivity contribution in [2.45, 2.75) is 94.3 Å². The van der Waals surface area contributed by atoms with Crippen molar-refractivity contribution >= 4 is 43.6 Å².